The standard InChI is InChI=1S/C10H14N2O4/c11-9(15)3-8(14)10(16)7-2-1-6(5-13)4-12-7/h1-2,4,8,10,13-14,16H,3,5H2,(H2,11,15). The summed E-state index contributed by atoms with van der Waals surface area (Å²) in [6.45, 7) is -0.146. The van der Waals surface area contributed by atoms with Crippen LogP contribution in [0, 0.1) is 0 Å². The molecular formula is C10H14N2O4. The molecule has 0 fully saturated rings. The minimum absolute atomic E-state index is 0.146. The monoisotopic (exact) mass is 226 g/mol. The molecule has 6 heteroatoms. The zero-order valence-corrected chi connectivity index (χ0v) is 8.58. The fourth-order valence-corrected chi connectivity index (χ4v) is 1.22. The number of rotatable bonds is 5. The van der Waals surface area contributed by atoms with Gasteiger partial charge in [-0.2, -0.15) is 0 Å². The number of nitrogens with two attached hydrogens (primary N) is 1. The topological polar surface area (TPSA) is 117 Å². The van der Waals surface area contributed by atoms with E-state index in [0.717, 1.165) is 0 Å². The van der Waals surface area contributed by atoms with Gasteiger partial charge in [0.1, 0.15) is 6.10 Å². The first kappa shape index (κ1) is 12.6. The molecule has 1 aromatic heterocycles. The molecule has 6 nitrogen and oxygen atoms in total. The minimum atomic E-state index is -1.27. The average molecular weight is 226 g/mol. The van der Waals surface area contributed by atoms with Gasteiger partial charge in [-0.15, -0.1) is 0 Å². The molecule has 1 amide bonds. The molecular weight excluding hydrogens is 212 g/mol. The second kappa shape index (κ2) is 5.55. The number of nitrogens with zero attached hydrogens (tertiary/aromatic N) is 1. The van der Waals surface area contributed by atoms with Crippen molar-refractivity contribution in [2.45, 2.75) is 25.2 Å². The molecule has 1 rings (SSSR count). The van der Waals surface area contributed by atoms with Crippen LogP contribution < -0.4 is 5.73 Å². The first-order valence-electron chi connectivity index (χ1n) is 4.74. The highest BCUT2D eigenvalue weighted by Gasteiger charge is 2.21. The van der Waals surface area contributed by atoms with E-state index in [1.165, 1.54) is 12.3 Å². The third-order valence-corrected chi connectivity index (χ3v) is 2.11. The Hall–Kier alpha value is -1.50. The Kier molecular flexibility index (Phi) is 4.36. The van der Waals surface area contributed by atoms with Gasteiger partial charge in [0.2, 0.25) is 5.91 Å². The summed E-state index contributed by atoms with van der Waals surface area (Å²) in [5, 5.41) is 27.8. The van der Waals surface area contributed by atoms with E-state index in [4.69, 9.17) is 10.8 Å². The van der Waals surface area contributed by atoms with Gasteiger partial charge in [-0.25, -0.2) is 0 Å². The summed E-state index contributed by atoms with van der Waals surface area (Å²) in [7, 11) is 0. The van der Waals surface area contributed by atoms with Crippen molar-refractivity contribution in [3.8, 4) is 0 Å². The number of hydrogen-bond donors (Lipinski definition) is 4. The van der Waals surface area contributed by atoms with E-state index in [1.54, 1.807) is 6.07 Å². The minimum Gasteiger partial charge on any atom is -0.392 e. The van der Waals surface area contributed by atoms with Crippen LogP contribution in [0.5, 0.6) is 0 Å². The third kappa shape index (κ3) is 3.27. The maximum atomic E-state index is 10.5. The first-order chi connectivity index (χ1) is 7.54. The lowest BCUT2D eigenvalue weighted by molar-refractivity contribution is -0.121. The van der Waals surface area contributed by atoms with E-state index < -0.39 is 18.1 Å². The molecule has 0 aliphatic rings. The predicted octanol–water partition coefficient (Wildman–Crippen LogP) is -1.16. The smallest absolute Gasteiger partial charge is 0.220 e. The Bertz CT molecular complexity index is 352. The van der Waals surface area contributed by atoms with E-state index in [9.17, 15) is 15.0 Å². The Morgan fingerprint density at radius 2 is 2.12 bits per heavy atom. The molecule has 0 radical (unpaired) electrons. The SMILES string of the molecule is NC(=O)CC(O)C(O)c1ccc(CO)cn1. The van der Waals surface area contributed by atoms with Crippen LogP contribution in [-0.4, -0.2) is 32.3 Å². The highest BCUT2D eigenvalue weighted by molar-refractivity contribution is 5.74. The van der Waals surface area contributed by atoms with Gasteiger partial charge >= 0.3 is 0 Å². The van der Waals surface area contributed by atoms with E-state index in [1.807, 2.05) is 0 Å². The predicted molar refractivity (Wildman–Crippen MR) is 54.9 cm³/mol. The lowest BCUT2D eigenvalue weighted by Crippen LogP contribution is -2.26. The van der Waals surface area contributed by atoms with Crippen LogP contribution in [0.3, 0.4) is 0 Å². The first-order valence-corrected chi connectivity index (χ1v) is 4.74. The number of hydrogen-bond acceptors (Lipinski definition) is 5. The molecule has 0 aliphatic heterocycles. The molecule has 0 aliphatic carbocycles. The van der Waals surface area contributed by atoms with Crippen molar-refractivity contribution < 1.29 is 20.1 Å². The summed E-state index contributed by atoms with van der Waals surface area (Å²) in [6.07, 6.45) is -1.48. The molecule has 2 unspecified atom stereocenters. The highest BCUT2D eigenvalue weighted by Crippen LogP contribution is 2.16. The molecule has 16 heavy (non-hydrogen) atoms. The number of aliphatic hydroxyl groups is 3. The summed E-state index contributed by atoms with van der Waals surface area (Å²) in [5.41, 5.74) is 5.72. The van der Waals surface area contributed by atoms with Gasteiger partial charge in [0.05, 0.1) is 24.8 Å². The van der Waals surface area contributed by atoms with Gasteiger partial charge in [0, 0.05) is 6.20 Å². The van der Waals surface area contributed by atoms with Gasteiger partial charge in [-0.1, -0.05) is 6.07 Å². The molecule has 1 aromatic rings. The molecule has 0 bridgehead atoms. The summed E-state index contributed by atoms with van der Waals surface area (Å²) in [6, 6.07) is 3.04. The van der Waals surface area contributed by atoms with Crippen molar-refractivity contribution in [3.05, 3.63) is 29.6 Å². The number of amides is 1. The van der Waals surface area contributed by atoms with Crippen LogP contribution in [-0.2, 0) is 11.4 Å². The van der Waals surface area contributed by atoms with Crippen molar-refractivity contribution in [1.29, 1.82) is 0 Å². The molecule has 5 N–H and O–H groups in total. The van der Waals surface area contributed by atoms with Gasteiger partial charge in [-0.05, 0) is 11.6 Å². The molecule has 0 spiro atoms. The Morgan fingerprint density at radius 3 is 2.56 bits per heavy atom. The summed E-state index contributed by atoms with van der Waals surface area (Å²) >= 11 is 0. The van der Waals surface area contributed by atoms with E-state index >= 15 is 0 Å². The maximum Gasteiger partial charge on any atom is 0.220 e. The second-order valence-corrected chi connectivity index (χ2v) is 3.43. The Labute approximate surface area is 92.4 Å². The molecule has 2 atom stereocenters. The van der Waals surface area contributed by atoms with E-state index in [-0.39, 0.29) is 18.7 Å². The lowest BCUT2D eigenvalue weighted by Gasteiger charge is -2.15. The fourth-order valence-electron chi connectivity index (χ4n) is 1.22. The van der Waals surface area contributed by atoms with Crippen molar-refractivity contribution in [3.63, 3.8) is 0 Å². The quantitative estimate of drug-likeness (QED) is 0.505. The van der Waals surface area contributed by atoms with Gasteiger partial charge < -0.3 is 21.1 Å². The van der Waals surface area contributed by atoms with Crippen LogP contribution >= 0.6 is 0 Å². The number of primary amides is 1. The number of carbonyl (C=O) groups is 1. The van der Waals surface area contributed by atoms with Crippen LogP contribution in [0.1, 0.15) is 23.8 Å². The van der Waals surface area contributed by atoms with E-state index in [0.29, 0.717) is 5.56 Å². The molecule has 1 heterocycles. The van der Waals surface area contributed by atoms with Gasteiger partial charge in [0.25, 0.3) is 0 Å². The molecule has 0 saturated heterocycles. The Balaban J connectivity index is 2.71. The normalized spacial score (nSPS) is 14.4. The fraction of sp³-hybridized carbons (Fsp3) is 0.400. The number of aromatic nitrogens is 1. The molecule has 0 aromatic carbocycles. The molecule has 88 valence electrons. The van der Waals surface area contributed by atoms with Crippen molar-refractivity contribution >= 4 is 5.91 Å². The van der Waals surface area contributed by atoms with Crippen LogP contribution in [0.4, 0.5) is 0 Å². The van der Waals surface area contributed by atoms with Crippen molar-refractivity contribution in [2.24, 2.45) is 5.73 Å². The third-order valence-electron chi connectivity index (χ3n) is 2.11. The summed E-state index contributed by atoms with van der Waals surface area (Å²) in [4.78, 5) is 14.4. The number of carbonyl (C=O) groups excluding carboxylic acids is 1. The number of aliphatic hydroxyl groups excluding tert-OH is 3. The maximum absolute atomic E-state index is 10.5. The highest BCUT2D eigenvalue weighted by atomic mass is 16.3. The van der Waals surface area contributed by atoms with Crippen LogP contribution in [0.2, 0.25) is 0 Å². The van der Waals surface area contributed by atoms with Crippen LogP contribution in [0.15, 0.2) is 18.3 Å². The van der Waals surface area contributed by atoms with Gasteiger partial charge in [-0.3, -0.25) is 9.78 Å². The zero-order chi connectivity index (χ0) is 12.1. The second-order valence-electron chi connectivity index (χ2n) is 3.43. The zero-order valence-electron chi connectivity index (χ0n) is 8.58. The number of pyridine rings is 1. The average Bonchev–Trinajstić information content (AvgIpc) is 2.27. The largest absolute Gasteiger partial charge is 0.392 e. The lowest BCUT2D eigenvalue weighted by atomic mass is 10.1. The van der Waals surface area contributed by atoms with Crippen molar-refractivity contribution in [2.75, 3.05) is 0 Å². The Morgan fingerprint density at radius 1 is 1.44 bits per heavy atom. The van der Waals surface area contributed by atoms with Gasteiger partial charge in [0.15, 0.2) is 0 Å². The van der Waals surface area contributed by atoms with E-state index in [2.05, 4.69) is 4.98 Å². The summed E-state index contributed by atoms with van der Waals surface area (Å²) < 4.78 is 0. The van der Waals surface area contributed by atoms with Crippen molar-refractivity contribution in [1.82, 2.24) is 4.98 Å². The van der Waals surface area contributed by atoms with Crippen LogP contribution in [0.25, 0.3) is 0 Å². The molecule has 0 saturated carbocycles. The summed E-state index contributed by atoms with van der Waals surface area (Å²) in [5.74, 6) is -0.696.